The standard InChI is InChI=1S/C20H21N5O.3C2HF3O2/c1-26-20-16(3-2-8-22-20)13-25-11-6-17-18(7-12-25)23-14-24-19(17)15-4-9-21-10-5-15;3*3-2(4,5)1(6)7/h2-5,8-10,14H,6-7,11-13H2,1H3;3*(H,6,7). The SMILES string of the molecule is COc1ncccc1CN1CCc2ncnc(-c3ccncc3)c2CC1.O=C(O)C(F)(F)F.O=C(O)C(F)(F)F.O=C(O)C(F)(F)F. The van der Waals surface area contributed by atoms with Gasteiger partial charge in [0.2, 0.25) is 5.88 Å². The van der Waals surface area contributed by atoms with Crippen molar-refractivity contribution in [3.05, 3.63) is 66.0 Å². The van der Waals surface area contributed by atoms with E-state index in [0.29, 0.717) is 5.88 Å². The highest BCUT2D eigenvalue weighted by Gasteiger charge is 2.39. The van der Waals surface area contributed by atoms with E-state index in [4.69, 9.17) is 34.4 Å². The van der Waals surface area contributed by atoms with Crippen molar-refractivity contribution in [1.29, 1.82) is 0 Å². The van der Waals surface area contributed by atoms with Gasteiger partial charge in [-0.15, -0.1) is 0 Å². The fraction of sp³-hybridized carbons (Fsp3) is 0.346. The quantitative estimate of drug-likeness (QED) is 0.329. The third-order valence-electron chi connectivity index (χ3n) is 5.50. The van der Waals surface area contributed by atoms with Crippen molar-refractivity contribution in [2.45, 2.75) is 37.9 Å². The largest absolute Gasteiger partial charge is 0.490 e. The van der Waals surface area contributed by atoms with Crippen LogP contribution in [0.2, 0.25) is 0 Å². The molecule has 1 aliphatic rings. The molecule has 3 N–H and O–H groups in total. The zero-order valence-corrected chi connectivity index (χ0v) is 23.8. The van der Waals surface area contributed by atoms with Crippen molar-refractivity contribution >= 4 is 17.9 Å². The Labute approximate surface area is 258 Å². The lowest BCUT2D eigenvalue weighted by Crippen LogP contribution is -2.26. The van der Waals surface area contributed by atoms with Crippen LogP contribution in [0.3, 0.4) is 0 Å². The monoisotopic (exact) mass is 689 g/mol. The summed E-state index contributed by atoms with van der Waals surface area (Å²) in [4.78, 5) is 46.6. The van der Waals surface area contributed by atoms with Crippen LogP contribution in [-0.4, -0.2) is 96.8 Å². The number of pyridine rings is 2. The second-order valence-corrected chi connectivity index (χ2v) is 8.74. The van der Waals surface area contributed by atoms with Gasteiger partial charge in [0.1, 0.15) is 6.33 Å². The van der Waals surface area contributed by atoms with Crippen molar-refractivity contribution in [2.24, 2.45) is 0 Å². The van der Waals surface area contributed by atoms with E-state index in [1.54, 1.807) is 19.6 Å². The first-order valence-corrected chi connectivity index (χ1v) is 12.5. The van der Waals surface area contributed by atoms with Crippen LogP contribution in [-0.2, 0) is 33.8 Å². The first kappa shape index (κ1) is 39.9. The number of aromatic nitrogens is 4. The number of nitrogens with zero attached hydrogens (tertiary/aromatic N) is 5. The zero-order valence-electron chi connectivity index (χ0n) is 23.8. The first-order chi connectivity index (χ1) is 21.7. The molecule has 3 aromatic heterocycles. The van der Waals surface area contributed by atoms with Crippen LogP contribution in [0.15, 0.2) is 49.2 Å². The van der Waals surface area contributed by atoms with Gasteiger partial charge in [-0.1, -0.05) is 6.07 Å². The second-order valence-electron chi connectivity index (χ2n) is 8.74. The number of carboxylic acids is 3. The Morgan fingerprint density at radius 2 is 1.26 bits per heavy atom. The van der Waals surface area contributed by atoms with Crippen molar-refractivity contribution in [3.8, 4) is 17.1 Å². The van der Waals surface area contributed by atoms with Gasteiger partial charge < -0.3 is 20.1 Å². The lowest BCUT2D eigenvalue weighted by molar-refractivity contribution is -0.193. The first-order valence-electron chi connectivity index (χ1n) is 12.5. The zero-order chi connectivity index (χ0) is 36.0. The molecule has 0 saturated heterocycles. The average molecular weight is 689 g/mol. The van der Waals surface area contributed by atoms with Gasteiger partial charge in [-0.3, -0.25) is 9.88 Å². The molecule has 258 valence electrons. The van der Waals surface area contributed by atoms with Gasteiger partial charge >= 0.3 is 36.4 Å². The van der Waals surface area contributed by atoms with E-state index in [0.717, 1.165) is 55.0 Å². The number of ether oxygens (including phenoxy) is 1. The molecule has 3 aromatic rings. The molecule has 0 atom stereocenters. The maximum absolute atomic E-state index is 10.6. The third-order valence-corrected chi connectivity index (χ3v) is 5.50. The predicted octanol–water partition coefficient (Wildman–Crippen LogP) is 4.44. The fourth-order valence-electron chi connectivity index (χ4n) is 3.46. The predicted molar refractivity (Wildman–Crippen MR) is 140 cm³/mol. The summed E-state index contributed by atoms with van der Waals surface area (Å²) in [6.45, 7) is 2.73. The van der Waals surface area contributed by atoms with Crippen molar-refractivity contribution in [2.75, 3.05) is 20.2 Å². The van der Waals surface area contributed by atoms with E-state index in [1.165, 1.54) is 5.56 Å². The van der Waals surface area contributed by atoms with Gasteiger partial charge in [0, 0.05) is 67.0 Å². The fourth-order valence-corrected chi connectivity index (χ4v) is 3.46. The molecule has 0 bridgehead atoms. The van der Waals surface area contributed by atoms with Crippen LogP contribution in [0.1, 0.15) is 16.8 Å². The summed E-state index contributed by atoms with van der Waals surface area (Å²) in [6, 6.07) is 8.04. The highest BCUT2D eigenvalue weighted by molar-refractivity contribution is 5.73. The second kappa shape index (κ2) is 17.6. The van der Waals surface area contributed by atoms with Gasteiger partial charge in [-0.25, -0.2) is 29.3 Å². The molecule has 0 fully saturated rings. The average Bonchev–Trinajstić information content (AvgIpc) is 3.20. The highest BCUT2D eigenvalue weighted by atomic mass is 19.4. The summed E-state index contributed by atoms with van der Waals surface area (Å²) in [5.74, 6) is -7.57. The number of carbonyl (C=O) groups is 3. The molecule has 4 rings (SSSR count). The van der Waals surface area contributed by atoms with E-state index >= 15 is 0 Å². The van der Waals surface area contributed by atoms with Crippen molar-refractivity contribution in [1.82, 2.24) is 24.8 Å². The van der Waals surface area contributed by atoms with E-state index in [2.05, 4.69) is 30.9 Å². The molecular formula is C26H24F9N5O7. The van der Waals surface area contributed by atoms with E-state index in [1.807, 2.05) is 30.6 Å². The van der Waals surface area contributed by atoms with Crippen LogP contribution in [0.5, 0.6) is 5.88 Å². The van der Waals surface area contributed by atoms with Gasteiger partial charge in [0.15, 0.2) is 0 Å². The maximum atomic E-state index is 10.6. The summed E-state index contributed by atoms with van der Waals surface area (Å²) in [5.41, 5.74) is 5.63. The molecule has 21 heteroatoms. The minimum absolute atomic E-state index is 0.700. The number of methoxy groups -OCH3 is 1. The van der Waals surface area contributed by atoms with Crippen LogP contribution in [0.4, 0.5) is 39.5 Å². The number of rotatable bonds is 4. The number of aliphatic carboxylic acids is 3. The molecule has 0 unspecified atom stereocenters. The number of hydrogen-bond acceptors (Lipinski definition) is 9. The minimum atomic E-state index is -5.08. The van der Waals surface area contributed by atoms with Crippen LogP contribution < -0.4 is 4.74 Å². The van der Waals surface area contributed by atoms with Crippen molar-refractivity contribution in [3.63, 3.8) is 0 Å². The van der Waals surface area contributed by atoms with Crippen molar-refractivity contribution < 1.29 is 74.0 Å². The Kier molecular flexibility index (Phi) is 14.9. The summed E-state index contributed by atoms with van der Waals surface area (Å²) in [6.07, 6.45) is -6.36. The summed E-state index contributed by atoms with van der Waals surface area (Å²) in [5, 5.41) is 21.4. The van der Waals surface area contributed by atoms with Crippen LogP contribution in [0, 0.1) is 0 Å². The maximum Gasteiger partial charge on any atom is 0.490 e. The Hall–Kier alpha value is -5.08. The Balaban J connectivity index is 0.000000430. The lowest BCUT2D eigenvalue weighted by atomic mass is 10.0. The molecule has 1 aliphatic heterocycles. The molecule has 0 radical (unpaired) electrons. The number of hydrogen-bond donors (Lipinski definition) is 3. The third kappa shape index (κ3) is 14.3. The number of carboxylic acid groups (broad SMARTS) is 3. The smallest absolute Gasteiger partial charge is 0.481 e. The van der Waals surface area contributed by atoms with Gasteiger partial charge in [0.25, 0.3) is 0 Å². The molecule has 0 spiro atoms. The van der Waals surface area contributed by atoms with E-state index in [9.17, 15) is 39.5 Å². The molecule has 47 heavy (non-hydrogen) atoms. The molecular weight excluding hydrogens is 665 g/mol. The number of halogens is 9. The van der Waals surface area contributed by atoms with E-state index in [-0.39, 0.29) is 0 Å². The lowest BCUT2D eigenvalue weighted by Gasteiger charge is -2.20. The Bertz CT molecular complexity index is 1410. The summed E-state index contributed by atoms with van der Waals surface area (Å²) in [7, 11) is 1.67. The van der Waals surface area contributed by atoms with Gasteiger partial charge in [-0.2, -0.15) is 39.5 Å². The van der Waals surface area contributed by atoms with Gasteiger partial charge in [0.05, 0.1) is 12.8 Å². The van der Waals surface area contributed by atoms with Gasteiger partial charge in [-0.05, 0) is 24.6 Å². The molecule has 0 aromatic carbocycles. The molecule has 0 aliphatic carbocycles. The molecule has 0 saturated carbocycles. The topological polar surface area (TPSA) is 176 Å². The van der Waals surface area contributed by atoms with E-state index < -0.39 is 36.4 Å². The number of alkyl halides is 9. The van der Waals surface area contributed by atoms with Crippen LogP contribution >= 0.6 is 0 Å². The molecule has 12 nitrogen and oxygen atoms in total. The minimum Gasteiger partial charge on any atom is -0.481 e. The summed E-state index contributed by atoms with van der Waals surface area (Å²) < 4.78 is 101. The highest BCUT2D eigenvalue weighted by Crippen LogP contribution is 2.26. The Morgan fingerprint density at radius 3 is 1.72 bits per heavy atom. The number of fused-ring (bicyclic) bond motifs is 1. The Morgan fingerprint density at radius 1 is 0.766 bits per heavy atom. The normalized spacial score (nSPS) is 13.1. The van der Waals surface area contributed by atoms with Crippen LogP contribution in [0.25, 0.3) is 11.3 Å². The molecule has 4 heterocycles. The summed E-state index contributed by atoms with van der Waals surface area (Å²) >= 11 is 0. The molecule has 0 amide bonds.